The highest BCUT2D eigenvalue weighted by Gasteiger charge is 2.50. The van der Waals surface area contributed by atoms with Gasteiger partial charge in [0.05, 0.1) is 29.3 Å². The number of hydrogen-bond acceptors (Lipinski definition) is 4. The number of aliphatic hydroxyl groups is 1. The molecule has 2 amide bonds. The smallest absolute Gasteiger partial charge is 0.389 e. The normalized spacial score (nSPS) is 25.8. The van der Waals surface area contributed by atoms with E-state index in [9.17, 15) is 41.0 Å². The Hall–Kier alpha value is -3.12. The molecule has 4 N–H and O–H groups in total. The van der Waals surface area contributed by atoms with Gasteiger partial charge in [0.1, 0.15) is 0 Å². The van der Waals surface area contributed by atoms with Crippen molar-refractivity contribution < 1.29 is 41.0 Å². The van der Waals surface area contributed by atoms with Crippen LogP contribution in [0.3, 0.4) is 0 Å². The van der Waals surface area contributed by atoms with Gasteiger partial charge in [-0.05, 0) is 67.3 Å². The molecule has 0 bridgehead atoms. The van der Waals surface area contributed by atoms with E-state index in [1.807, 2.05) is 0 Å². The van der Waals surface area contributed by atoms with Crippen molar-refractivity contribution in [1.29, 1.82) is 0 Å². The van der Waals surface area contributed by atoms with Crippen molar-refractivity contribution in [2.45, 2.75) is 55.6 Å². The Balaban J connectivity index is 1.40. The average Bonchev–Trinajstić information content (AvgIpc) is 3.27. The van der Waals surface area contributed by atoms with E-state index in [1.54, 1.807) is 6.07 Å². The Morgan fingerprint density at radius 3 is 2.26 bits per heavy atom. The van der Waals surface area contributed by atoms with Gasteiger partial charge in [0, 0.05) is 18.7 Å². The van der Waals surface area contributed by atoms with Crippen molar-refractivity contribution in [3.05, 3.63) is 70.8 Å². The van der Waals surface area contributed by atoms with Crippen molar-refractivity contribution in [3.63, 3.8) is 0 Å². The molecule has 2 aromatic rings. The Morgan fingerprint density at radius 1 is 0.949 bits per heavy atom. The number of carbonyl (C=O) groups is 2. The first kappa shape index (κ1) is 28.9. The van der Waals surface area contributed by atoms with Crippen LogP contribution in [0.25, 0.3) is 0 Å². The lowest BCUT2D eigenvalue weighted by atomic mass is 9.68. The molecule has 12 heteroatoms. The predicted molar refractivity (Wildman–Crippen MR) is 130 cm³/mol. The molecule has 1 heterocycles. The maximum absolute atomic E-state index is 13.5. The maximum Gasteiger partial charge on any atom is 0.416 e. The average molecular weight is 558 g/mol. The molecular formula is C27H29F6N3O3. The zero-order chi connectivity index (χ0) is 28.4. The molecule has 6 nitrogen and oxygen atoms in total. The monoisotopic (exact) mass is 557 g/mol. The molecule has 2 aliphatic rings. The lowest BCUT2D eigenvalue weighted by Crippen LogP contribution is -2.63. The fraction of sp³-hybridized carbons (Fsp3) is 0.481. The molecule has 0 aromatic heterocycles. The Kier molecular flexibility index (Phi) is 8.27. The van der Waals surface area contributed by atoms with Gasteiger partial charge < -0.3 is 21.1 Å². The first-order chi connectivity index (χ1) is 18.3. The number of carbonyl (C=O) groups excluding carboxylic acids is 2. The number of nitrogens with one attached hydrogen (secondary N) is 3. The Morgan fingerprint density at radius 2 is 1.64 bits per heavy atom. The van der Waals surface area contributed by atoms with E-state index in [1.165, 1.54) is 18.2 Å². The van der Waals surface area contributed by atoms with E-state index in [4.69, 9.17) is 0 Å². The van der Waals surface area contributed by atoms with Crippen LogP contribution in [-0.4, -0.2) is 48.2 Å². The van der Waals surface area contributed by atoms with E-state index in [0.717, 1.165) is 18.2 Å². The number of halogens is 6. The highest BCUT2D eigenvalue weighted by molar-refractivity contribution is 5.96. The summed E-state index contributed by atoms with van der Waals surface area (Å²) in [6, 6.07) is 9.31. The van der Waals surface area contributed by atoms with Gasteiger partial charge in [-0.1, -0.05) is 24.3 Å². The summed E-state index contributed by atoms with van der Waals surface area (Å²) in [5.41, 5.74) is -2.76. The minimum atomic E-state index is -4.63. The molecule has 0 unspecified atom stereocenters. The number of hydrogen-bond donors (Lipinski definition) is 4. The van der Waals surface area contributed by atoms with Gasteiger partial charge >= 0.3 is 12.4 Å². The summed E-state index contributed by atoms with van der Waals surface area (Å²) in [6.45, 7) is -0.0957. The number of aliphatic hydroxyl groups excluding tert-OH is 1. The summed E-state index contributed by atoms with van der Waals surface area (Å²) in [4.78, 5) is 25.2. The van der Waals surface area contributed by atoms with Gasteiger partial charge in [-0.25, -0.2) is 0 Å². The summed E-state index contributed by atoms with van der Waals surface area (Å²) in [5.74, 6) is -2.05. The van der Waals surface area contributed by atoms with E-state index in [0.29, 0.717) is 31.7 Å². The lowest BCUT2D eigenvalue weighted by Gasteiger charge is -2.44. The fourth-order valence-corrected chi connectivity index (χ4v) is 5.80. The summed E-state index contributed by atoms with van der Waals surface area (Å²) in [5, 5.41) is 19.0. The molecule has 0 radical (unpaired) electrons. The highest BCUT2D eigenvalue weighted by atomic mass is 19.4. The minimum Gasteiger partial charge on any atom is -0.389 e. The van der Waals surface area contributed by atoms with Gasteiger partial charge in [0.15, 0.2) is 0 Å². The van der Waals surface area contributed by atoms with Crippen LogP contribution in [0, 0.1) is 5.92 Å². The Bertz CT molecular complexity index is 1190. The first-order valence-corrected chi connectivity index (χ1v) is 12.6. The fourth-order valence-electron chi connectivity index (χ4n) is 5.80. The molecule has 2 aromatic carbocycles. The molecule has 1 saturated heterocycles. The third-order valence-electron chi connectivity index (χ3n) is 7.75. The highest BCUT2D eigenvalue weighted by Crippen LogP contribution is 2.45. The second-order valence-electron chi connectivity index (χ2n) is 10.1. The van der Waals surface area contributed by atoms with Gasteiger partial charge in [0.2, 0.25) is 5.91 Å². The van der Waals surface area contributed by atoms with E-state index in [2.05, 4.69) is 16.0 Å². The van der Waals surface area contributed by atoms with Crippen molar-refractivity contribution in [2.24, 2.45) is 5.92 Å². The van der Waals surface area contributed by atoms with Crippen LogP contribution in [0.15, 0.2) is 48.5 Å². The van der Waals surface area contributed by atoms with E-state index >= 15 is 0 Å². The molecule has 39 heavy (non-hydrogen) atoms. The van der Waals surface area contributed by atoms with Gasteiger partial charge in [-0.15, -0.1) is 0 Å². The third-order valence-corrected chi connectivity index (χ3v) is 7.75. The van der Waals surface area contributed by atoms with Crippen molar-refractivity contribution >= 4 is 11.8 Å². The van der Waals surface area contributed by atoms with Gasteiger partial charge in [0.25, 0.3) is 5.91 Å². The van der Waals surface area contributed by atoms with Crippen LogP contribution in [0.4, 0.5) is 26.3 Å². The van der Waals surface area contributed by atoms with E-state index < -0.39 is 53.5 Å². The van der Waals surface area contributed by atoms with Crippen molar-refractivity contribution in [2.75, 3.05) is 19.6 Å². The molecule has 1 aliphatic heterocycles. The summed E-state index contributed by atoms with van der Waals surface area (Å²) in [7, 11) is 0. The number of rotatable bonds is 6. The molecule has 0 spiro atoms. The second-order valence-corrected chi connectivity index (χ2v) is 10.1. The molecule has 1 saturated carbocycles. The third kappa shape index (κ3) is 6.38. The molecule has 2 fully saturated rings. The van der Waals surface area contributed by atoms with Crippen LogP contribution in [0.5, 0.6) is 0 Å². The molecule has 4 rings (SSSR count). The van der Waals surface area contributed by atoms with Crippen molar-refractivity contribution in [3.8, 4) is 0 Å². The number of benzene rings is 2. The number of β-amino-alcohol motifs (C(OH)–C–C–N with tert-alkyl or cyclic N) is 1. The van der Waals surface area contributed by atoms with Crippen LogP contribution in [0.1, 0.15) is 58.6 Å². The maximum atomic E-state index is 13.5. The summed E-state index contributed by atoms with van der Waals surface area (Å²) >= 11 is 0. The lowest BCUT2D eigenvalue weighted by molar-refractivity contribution is -0.139. The van der Waals surface area contributed by atoms with E-state index in [-0.39, 0.29) is 36.1 Å². The van der Waals surface area contributed by atoms with Gasteiger partial charge in [-0.2, -0.15) is 26.3 Å². The van der Waals surface area contributed by atoms with Crippen LogP contribution in [0.2, 0.25) is 0 Å². The van der Waals surface area contributed by atoms with Gasteiger partial charge in [-0.3, -0.25) is 9.59 Å². The summed E-state index contributed by atoms with van der Waals surface area (Å²) in [6.07, 6.45) is -8.25. The van der Waals surface area contributed by atoms with Crippen LogP contribution in [-0.2, 0) is 17.1 Å². The quantitative estimate of drug-likeness (QED) is 0.400. The number of amides is 2. The minimum absolute atomic E-state index is 0.202. The zero-order valence-electron chi connectivity index (χ0n) is 20.8. The topological polar surface area (TPSA) is 90.5 Å². The first-order valence-electron chi connectivity index (χ1n) is 12.6. The van der Waals surface area contributed by atoms with Crippen molar-refractivity contribution in [1.82, 2.24) is 16.0 Å². The molecule has 212 valence electrons. The summed E-state index contributed by atoms with van der Waals surface area (Å²) < 4.78 is 79.4. The predicted octanol–water partition coefficient (Wildman–Crippen LogP) is 4.25. The molecule has 2 atom stereocenters. The zero-order valence-corrected chi connectivity index (χ0v) is 20.8. The second kappa shape index (κ2) is 11.2. The largest absolute Gasteiger partial charge is 0.416 e. The number of alkyl halides is 6. The Labute approximate surface area is 221 Å². The van der Waals surface area contributed by atoms with Crippen LogP contribution < -0.4 is 16.0 Å². The SMILES string of the molecule is O=C(CNC(=O)c1cccc(C(F)(F)F)c1)N[C@@]1(C2CCC(c3ccccc3C(F)(F)F)CC2)CNC[C@@H]1O. The standard InChI is InChI=1S/C27H29F6N3O3/c28-26(29,30)19-5-3-4-17(12-19)24(39)35-14-23(38)36-25(15-34-13-22(25)37)18-10-8-16(9-11-18)20-6-1-2-7-21(20)27(31,32)33/h1-7,12,16,18,22,34,37H,8-11,13-15H2,(H,35,39)(H,36,38)/t16?,18?,22-,25+/m0/s1. The molecule has 1 aliphatic carbocycles. The molecular weight excluding hydrogens is 528 g/mol. The van der Waals surface area contributed by atoms with Crippen LogP contribution >= 0.6 is 0 Å².